The summed E-state index contributed by atoms with van der Waals surface area (Å²) in [6, 6.07) is 1.89. The normalized spacial score (nSPS) is 24.6. The van der Waals surface area contributed by atoms with Crippen molar-refractivity contribution in [1.82, 2.24) is 4.98 Å². The zero-order valence-corrected chi connectivity index (χ0v) is 10.5. The molecule has 2 rings (SSSR count). The maximum atomic E-state index is 5.93. The van der Waals surface area contributed by atoms with Gasteiger partial charge in [0.05, 0.1) is 18.0 Å². The number of hydrogen-bond acceptors (Lipinski definition) is 4. The second kappa shape index (κ2) is 5.36. The average Bonchev–Trinajstić information content (AvgIpc) is 2.33. The number of rotatable bonds is 3. The standard InChI is InChI=1S/C13H20N2O2/c1-9-6-10(14)8-15-13(9)17-12-5-3-4-11(7-12)16-2/h6,8,11-12H,3-5,7,14H2,1-2H3. The summed E-state index contributed by atoms with van der Waals surface area (Å²) in [5.41, 5.74) is 7.33. The quantitative estimate of drug-likeness (QED) is 0.875. The van der Waals surface area contributed by atoms with E-state index in [1.165, 1.54) is 0 Å². The SMILES string of the molecule is COC1CCCC(Oc2ncc(N)cc2C)C1. The van der Waals surface area contributed by atoms with Crippen LogP contribution >= 0.6 is 0 Å². The van der Waals surface area contributed by atoms with Gasteiger partial charge in [0.15, 0.2) is 0 Å². The van der Waals surface area contributed by atoms with Crippen molar-refractivity contribution in [3.05, 3.63) is 17.8 Å². The zero-order chi connectivity index (χ0) is 12.3. The lowest BCUT2D eigenvalue weighted by Gasteiger charge is -2.28. The number of ether oxygens (including phenoxy) is 2. The van der Waals surface area contributed by atoms with Crippen LogP contribution in [0.15, 0.2) is 12.3 Å². The minimum Gasteiger partial charge on any atom is -0.474 e. The fourth-order valence-corrected chi connectivity index (χ4v) is 2.29. The number of anilines is 1. The molecule has 1 aliphatic carbocycles. The average molecular weight is 236 g/mol. The Morgan fingerprint density at radius 1 is 1.35 bits per heavy atom. The molecular weight excluding hydrogens is 216 g/mol. The van der Waals surface area contributed by atoms with Gasteiger partial charge in [0.1, 0.15) is 6.10 Å². The molecule has 94 valence electrons. The largest absolute Gasteiger partial charge is 0.474 e. The summed E-state index contributed by atoms with van der Waals surface area (Å²) in [5, 5.41) is 0. The number of nitrogens with zero attached hydrogens (tertiary/aromatic N) is 1. The Hall–Kier alpha value is -1.29. The molecular formula is C13H20N2O2. The first-order valence-corrected chi connectivity index (χ1v) is 6.10. The molecule has 1 saturated carbocycles. The van der Waals surface area contributed by atoms with E-state index >= 15 is 0 Å². The van der Waals surface area contributed by atoms with Crippen molar-refractivity contribution < 1.29 is 9.47 Å². The maximum Gasteiger partial charge on any atom is 0.216 e. The predicted molar refractivity (Wildman–Crippen MR) is 67.1 cm³/mol. The van der Waals surface area contributed by atoms with E-state index in [0.29, 0.717) is 17.7 Å². The summed E-state index contributed by atoms with van der Waals surface area (Å²) in [6.45, 7) is 1.97. The van der Waals surface area contributed by atoms with E-state index in [-0.39, 0.29) is 6.10 Å². The molecule has 0 aromatic carbocycles. The number of aryl methyl sites for hydroxylation is 1. The molecule has 1 aromatic heterocycles. The zero-order valence-electron chi connectivity index (χ0n) is 10.5. The summed E-state index contributed by atoms with van der Waals surface area (Å²) < 4.78 is 11.3. The molecule has 2 N–H and O–H groups in total. The van der Waals surface area contributed by atoms with E-state index in [0.717, 1.165) is 31.2 Å². The first-order chi connectivity index (χ1) is 8.19. The van der Waals surface area contributed by atoms with E-state index in [9.17, 15) is 0 Å². The third-order valence-electron chi connectivity index (χ3n) is 3.24. The first kappa shape index (κ1) is 12.2. The lowest BCUT2D eigenvalue weighted by molar-refractivity contribution is 0.0193. The number of aromatic nitrogens is 1. The van der Waals surface area contributed by atoms with Crippen LogP contribution in [0, 0.1) is 6.92 Å². The minimum atomic E-state index is 0.212. The van der Waals surface area contributed by atoms with Gasteiger partial charge >= 0.3 is 0 Å². The number of pyridine rings is 1. The number of nitrogen functional groups attached to an aromatic ring is 1. The first-order valence-electron chi connectivity index (χ1n) is 6.10. The van der Waals surface area contributed by atoms with Crippen LogP contribution in [0.2, 0.25) is 0 Å². The highest BCUT2D eigenvalue weighted by Crippen LogP contribution is 2.26. The fourth-order valence-electron chi connectivity index (χ4n) is 2.29. The molecule has 1 heterocycles. The smallest absolute Gasteiger partial charge is 0.216 e. The van der Waals surface area contributed by atoms with Crippen molar-refractivity contribution in [1.29, 1.82) is 0 Å². The van der Waals surface area contributed by atoms with Crippen molar-refractivity contribution in [2.75, 3.05) is 12.8 Å². The van der Waals surface area contributed by atoms with Crippen LogP contribution in [-0.4, -0.2) is 24.3 Å². The molecule has 0 spiro atoms. The molecule has 2 unspecified atom stereocenters. The lowest BCUT2D eigenvalue weighted by atomic mass is 9.95. The topological polar surface area (TPSA) is 57.4 Å². The van der Waals surface area contributed by atoms with Gasteiger partial charge in [0.25, 0.3) is 0 Å². The van der Waals surface area contributed by atoms with Crippen molar-refractivity contribution in [3.8, 4) is 5.88 Å². The molecule has 4 heteroatoms. The summed E-state index contributed by atoms with van der Waals surface area (Å²) in [7, 11) is 1.76. The number of hydrogen-bond donors (Lipinski definition) is 1. The van der Waals surface area contributed by atoms with Gasteiger partial charge in [-0.3, -0.25) is 0 Å². The second-order valence-corrected chi connectivity index (χ2v) is 4.65. The Morgan fingerprint density at radius 2 is 2.12 bits per heavy atom. The molecule has 17 heavy (non-hydrogen) atoms. The number of methoxy groups -OCH3 is 1. The monoisotopic (exact) mass is 236 g/mol. The van der Waals surface area contributed by atoms with Gasteiger partial charge in [-0.15, -0.1) is 0 Å². The molecule has 1 fully saturated rings. The summed E-state index contributed by atoms with van der Waals surface area (Å²) in [4.78, 5) is 4.23. The van der Waals surface area contributed by atoms with Crippen LogP contribution in [0.25, 0.3) is 0 Å². The Bertz CT molecular complexity index is 382. The van der Waals surface area contributed by atoms with E-state index < -0.39 is 0 Å². The molecule has 0 saturated heterocycles. The van der Waals surface area contributed by atoms with Gasteiger partial charge in [-0.25, -0.2) is 4.98 Å². The lowest BCUT2D eigenvalue weighted by Crippen LogP contribution is -2.29. The van der Waals surface area contributed by atoms with Crippen molar-refractivity contribution in [2.24, 2.45) is 0 Å². The van der Waals surface area contributed by atoms with Crippen molar-refractivity contribution in [3.63, 3.8) is 0 Å². The Kier molecular flexibility index (Phi) is 3.84. The highest BCUT2D eigenvalue weighted by atomic mass is 16.5. The van der Waals surface area contributed by atoms with Crippen LogP contribution in [0.4, 0.5) is 5.69 Å². The van der Waals surface area contributed by atoms with Crippen molar-refractivity contribution >= 4 is 5.69 Å². The summed E-state index contributed by atoms with van der Waals surface area (Å²) >= 11 is 0. The van der Waals surface area contributed by atoms with E-state index in [4.69, 9.17) is 15.2 Å². The fraction of sp³-hybridized carbons (Fsp3) is 0.615. The molecule has 0 radical (unpaired) electrons. The van der Waals surface area contributed by atoms with Gasteiger partial charge in [-0.2, -0.15) is 0 Å². The van der Waals surface area contributed by atoms with Gasteiger partial charge in [0.2, 0.25) is 5.88 Å². The van der Waals surface area contributed by atoms with Gasteiger partial charge in [0, 0.05) is 19.1 Å². The van der Waals surface area contributed by atoms with Crippen LogP contribution in [0.1, 0.15) is 31.2 Å². The molecule has 4 nitrogen and oxygen atoms in total. The summed E-state index contributed by atoms with van der Waals surface area (Å²) in [5.74, 6) is 0.695. The van der Waals surface area contributed by atoms with Crippen LogP contribution in [-0.2, 0) is 4.74 Å². The van der Waals surface area contributed by atoms with Gasteiger partial charge in [-0.05, 0) is 32.3 Å². The second-order valence-electron chi connectivity index (χ2n) is 4.65. The third-order valence-corrected chi connectivity index (χ3v) is 3.24. The van der Waals surface area contributed by atoms with Crippen LogP contribution < -0.4 is 10.5 Å². The Balaban J connectivity index is 2.00. The van der Waals surface area contributed by atoms with E-state index in [2.05, 4.69) is 4.98 Å². The molecule has 1 aromatic rings. The summed E-state index contributed by atoms with van der Waals surface area (Å²) in [6.07, 6.45) is 6.47. The molecule has 0 bridgehead atoms. The molecule has 0 aliphatic heterocycles. The van der Waals surface area contributed by atoms with Crippen LogP contribution in [0.5, 0.6) is 5.88 Å². The number of nitrogens with two attached hydrogens (primary N) is 1. The molecule has 2 atom stereocenters. The maximum absolute atomic E-state index is 5.93. The van der Waals surface area contributed by atoms with Crippen LogP contribution in [0.3, 0.4) is 0 Å². The highest BCUT2D eigenvalue weighted by Gasteiger charge is 2.23. The van der Waals surface area contributed by atoms with E-state index in [1.54, 1.807) is 13.3 Å². The van der Waals surface area contributed by atoms with Gasteiger partial charge < -0.3 is 15.2 Å². The van der Waals surface area contributed by atoms with E-state index in [1.807, 2.05) is 13.0 Å². The van der Waals surface area contributed by atoms with Gasteiger partial charge in [-0.1, -0.05) is 0 Å². The molecule has 0 amide bonds. The Labute approximate surface area is 102 Å². The Morgan fingerprint density at radius 3 is 2.82 bits per heavy atom. The minimum absolute atomic E-state index is 0.212. The molecule has 1 aliphatic rings. The predicted octanol–water partition coefficient (Wildman–Crippen LogP) is 2.31. The third kappa shape index (κ3) is 3.09. The van der Waals surface area contributed by atoms with Crippen molar-refractivity contribution in [2.45, 2.75) is 44.8 Å². The highest BCUT2D eigenvalue weighted by molar-refractivity contribution is 5.41.